The summed E-state index contributed by atoms with van der Waals surface area (Å²) in [6.07, 6.45) is 5.57. The summed E-state index contributed by atoms with van der Waals surface area (Å²) in [5.41, 5.74) is 1.60. The zero-order valence-corrected chi connectivity index (χ0v) is 12.9. The molecule has 120 valence electrons. The normalized spacial score (nSPS) is 16.9. The van der Waals surface area contributed by atoms with Gasteiger partial charge in [0.15, 0.2) is 5.78 Å². The number of hydrogen-bond acceptors (Lipinski definition) is 5. The van der Waals surface area contributed by atoms with Crippen LogP contribution in [0.15, 0.2) is 42.7 Å². The van der Waals surface area contributed by atoms with E-state index in [1.54, 1.807) is 0 Å². The first-order valence-electron chi connectivity index (χ1n) is 7.82. The lowest BCUT2D eigenvalue weighted by molar-refractivity contribution is 0.0493. The van der Waals surface area contributed by atoms with Gasteiger partial charge < -0.3 is 9.84 Å². The topological polar surface area (TPSA) is 72.3 Å². The molecule has 0 aliphatic carbocycles. The summed E-state index contributed by atoms with van der Waals surface area (Å²) >= 11 is 0. The SMILES string of the molecule is O=C(CO)c1cnc(CC2(c3ccccc3)CCOCC2)nc1. The Kier molecular flexibility index (Phi) is 4.79. The Bertz CT molecular complexity index is 650. The van der Waals surface area contributed by atoms with Crippen molar-refractivity contribution in [3.05, 3.63) is 59.7 Å². The lowest BCUT2D eigenvalue weighted by atomic mass is 9.71. The van der Waals surface area contributed by atoms with E-state index in [4.69, 9.17) is 9.84 Å². The standard InChI is InChI=1S/C18H20N2O3/c21-13-16(22)14-11-19-17(20-12-14)10-18(6-8-23-9-7-18)15-4-2-1-3-5-15/h1-5,11-12,21H,6-10,13H2. The molecule has 5 nitrogen and oxygen atoms in total. The number of aliphatic hydroxyl groups is 1. The smallest absolute Gasteiger partial charge is 0.191 e. The summed E-state index contributed by atoms with van der Waals surface area (Å²) in [5.74, 6) is 0.352. The van der Waals surface area contributed by atoms with Gasteiger partial charge in [-0.2, -0.15) is 0 Å². The number of aliphatic hydroxyl groups excluding tert-OH is 1. The van der Waals surface area contributed by atoms with E-state index in [1.165, 1.54) is 18.0 Å². The maximum Gasteiger partial charge on any atom is 0.191 e. The molecule has 1 saturated heterocycles. The first kappa shape index (κ1) is 15.8. The molecule has 2 heterocycles. The van der Waals surface area contributed by atoms with Crippen molar-refractivity contribution in [2.75, 3.05) is 19.8 Å². The van der Waals surface area contributed by atoms with E-state index < -0.39 is 6.61 Å². The Balaban J connectivity index is 1.86. The predicted octanol–water partition coefficient (Wildman–Crippen LogP) is 1.94. The van der Waals surface area contributed by atoms with Crippen LogP contribution in [0.5, 0.6) is 0 Å². The van der Waals surface area contributed by atoms with E-state index in [-0.39, 0.29) is 11.2 Å². The third kappa shape index (κ3) is 3.46. The average molecular weight is 312 g/mol. The molecule has 0 saturated carbocycles. The van der Waals surface area contributed by atoms with Crippen LogP contribution < -0.4 is 0 Å². The number of rotatable bonds is 5. The fourth-order valence-electron chi connectivity index (χ4n) is 3.11. The van der Waals surface area contributed by atoms with Gasteiger partial charge in [-0.05, 0) is 18.4 Å². The summed E-state index contributed by atoms with van der Waals surface area (Å²) in [5, 5.41) is 8.89. The van der Waals surface area contributed by atoms with Crippen molar-refractivity contribution in [3.8, 4) is 0 Å². The molecule has 1 N–H and O–H groups in total. The van der Waals surface area contributed by atoms with Gasteiger partial charge in [0.05, 0.1) is 5.56 Å². The fourth-order valence-corrected chi connectivity index (χ4v) is 3.11. The van der Waals surface area contributed by atoms with Crippen LogP contribution in [0.2, 0.25) is 0 Å². The Labute approximate surface area is 135 Å². The van der Waals surface area contributed by atoms with Crippen LogP contribution in [0.4, 0.5) is 0 Å². The van der Waals surface area contributed by atoms with Gasteiger partial charge in [-0.3, -0.25) is 4.79 Å². The number of ether oxygens (including phenoxy) is 1. The fraction of sp³-hybridized carbons (Fsp3) is 0.389. The number of benzene rings is 1. The lowest BCUT2D eigenvalue weighted by Gasteiger charge is -2.37. The van der Waals surface area contributed by atoms with Crippen molar-refractivity contribution in [3.63, 3.8) is 0 Å². The molecule has 0 spiro atoms. The lowest BCUT2D eigenvalue weighted by Crippen LogP contribution is -2.36. The van der Waals surface area contributed by atoms with Crippen LogP contribution in [0, 0.1) is 0 Å². The monoisotopic (exact) mass is 312 g/mol. The molecule has 1 aliphatic heterocycles. The van der Waals surface area contributed by atoms with E-state index in [0.29, 0.717) is 17.8 Å². The third-order valence-electron chi connectivity index (χ3n) is 4.50. The molecule has 2 aromatic rings. The number of carbonyl (C=O) groups excluding carboxylic acids is 1. The van der Waals surface area contributed by atoms with Gasteiger partial charge in [-0.25, -0.2) is 9.97 Å². The highest BCUT2D eigenvalue weighted by molar-refractivity contribution is 5.96. The van der Waals surface area contributed by atoms with Crippen LogP contribution in [0.25, 0.3) is 0 Å². The molecule has 23 heavy (non-hydrogen) atoms. The number of ketones is 1. The Morgan fingerprint density at radius 1 is 1.13 bits per heavy atom. The molecular weight excluding hydrogens is 292 g/mol. The van der Waals surface area contributed by atoms with Crippen molar-refractivity contribution < 1.29 is 14.6 Å². The highest BCUT2D eigenvalue weighted by atomic mass is 16.5. The van der Waals surface area contributed by atoms with Crippen LogP contribution in [-0.2, 0) is 16.6 Å². The molecule has 1 aromatic carbocycles. The summed E-state index contributed by atoms with van der Waals surface area (Å²) in [6, 6.07) is 10.4. The van der Waals surface area contributed by atoms with Crippen LogP contribution in [-0.4, -0.2) is 40.7 Å². The van der Waals surface area contributed by atoms with Gasteiger partial charge >= 0.3 is 0 Å². The first-order valence-corrected chi connectivity index (χ1v) is 7.82. The zero-order valence-electron chi connectivity index (χ0n) is 12.9. The maximum atomic E-state index is 11.5. The number of aromatic nitrogens is 2. The molecule has 5 heteroatoms. The van der Waals surface area contributed by atoms with E-state index >= 15 is 0 Å². The average Bonchev–Trinajstić information content (AvgIpc) is 2.63. The molecule has 3 rings (SSSR count). The molecule has 1 aromatic heterocycles. The second-order valence-electron chi connectivity index (χ2n) is 5.90. The molecule has 1 aliphatic rings. The molecule has 1 fully saturated rings. The van der Waals surface area contributed by atoms with Crippen LogP contribution in [0.1, 0.15) is 34.6 Å². The first-order chi connectivity index (χ1) is 11.2. The van der Waals surface area contributed by atoms with Gasteiger partial charge in [0.25, 0.3) is 0 Å². The van der Waals surface area contributed by atoms with Gasteiger partial charge in [-0.1, -0.05) is 30.3 Å². The van der Waals surface area contributed by atoms with Crippen molar-refractivity contribution in [1.82, 2.24) is 9.97 Å². The van der Waals surface area contributed by atoms with Gasteiger partial charge in [0.1, 0.15) is 12.4 Å². The summed E-state index contributed by atoms with van der Waals surface area (Å²) in [4.78, 5) is 20.1. The Morgan fingerprint density at radius 3 is 2.39 bits per heavy atom. The van der Waals surface area contributed by atoms with Crippen LogP contribution >= 0.6 is 0 Å². The van der Waals surface area contributed by atoms with Gasteiger partial charge in [-0.15, -0.1) is 0 Å². The number of nitrogens with zero attached hydrogens (tertiary/aromatic N) is 2. The highest BCUT2D eigenvalue weighted by Crippen LogP contribution is 2.37. The molecule has 0 radical (unpaired) electrons. The van der Waals surface area contributed by atoms with E-state index in [2.05, 4.69) is 34.2 Å². The van der Waals surface area contributed by atoms with E-state index in [0.717, 1.165) is 26.1 Å². The summed E-state index contributed by atoms with van der Waals surface area (Å²) in [7, 11) is 0. The number of hydrogen-bond donors (Lipinski definition) is 1. The van der Waals surface area contributed by atoms with Gasteiger partial charge in [0.2, 0.25) is 0 Å². The van der Waals surface area contributed by atoms with Crippen molar-refractivity contribution >= 4 is 5.78 Å². The zero-order chi connectivity index (χ0) is 16.1. The molecule has 0 unspecified atom stereocenters. The summed E-state index contributed by atoms with van der Waals surface area (Å²) < 4.78 is 5.54. The Hall–Kier alpha value is -2.11. The second-order valence-corrected chi connectivity index (χ2v) is 5.90. The van der Waals surface area contributed by atoms with Crippen molar-refractivity contribution in [1.29, 1.82) is 0 Å². The van der Waals surface area contributed by atoms with Crippen molar-refractivity contribution in [2.45, 2.75) is 24.7 Å². The van der Waals surface area contributed by atoms with Gasteiger partial charge in [0, 0.05) is 37.4 Å². The second kappa shape index (κ2) is 6.98. The summed E-state index contributed by atoms with van der Waals surface area (Å²) in [6.45, 7) is 0.944. The minimum Gasteiger partial charge on any atom is -0.388 e. The Morgan fingerprint density at radius 2 is 1.78 bits per heavy atom. The highest BCUT2D eigenvalue weighted by Gasteiger charge is 2.35. The molecule has 0 amide bonds. The molecule has 0 bridgehead atoms. The quantitative estimate of drug-likeness (QED) is 0.854. The molecular formula is C18H20N2O3. The van der Waals surface area contributed by atoms with Crippen LogP contribution in [0.3, 0.4) is 0 Å². The maximum absolute atomic E-state index is 11.5. The third-order valence-corrected chi connectivity index (χ3v) is 4.50. The molecule has 0 atom stereocenters. The minimum absolute atomic E-state index is 0.0258. The van der Waals surface area contributed by atoms with Crippen molar-refractivity contribution in [2.24, 2.45) is 0 Å². The predicted molar refractivity (Wildman–Crippen MR) is 85.3 cm³/mol. The van der Waals surface area contributed by atoms with E-state index in [9.17, 15) is 4.79 Å². The largest absolute Gasteiger partial charge is 0.388 e. The minimum atomic E-state index is -0.520. The van der Waals surface area contributed by atoms with E-state index in [1.807, 2.05) is 6.07 Å². The number of carbonyl (C=O) groups is 1. The number of Topliss-reactive ketones (excluding diaryl/α,β-unsaturated/α-hetero) is 1.